The van der Waals surface area contributed by atoms with E-state index in [2.05, 4.69) is 149 Å². The van der Waals surface area contributed by atoms with E-state index in [1.165, 1.54) is 87.6 Å². The standard InChI is InChI=1S/C49H40O/c1-5-23-49(4)43-27-32(36-19-15-31-13-14-34-25-30(24-29(2)3)26-35-18-22-41(36)47(31)46(34)35)16-20-38(43)39-21-17-33(28-44(39)49)37-10-8-11-42-40-9-6-7-12-45(40)50-48(37)42/h6-22,25-29H,5,23-24H2,1-4H3. The van der Waals surface area contributed by atoms with Crippen molar-refractivity contribution in [1.29, 1.82) is 0 Å². The van der Waals surface area contributed by atoms with Crippen LogP contribution >= 0.6 is 0 Å². The van der Waals surface area contributed by atoms with Gasteiger partial charge >= 0.3 is 0 Å². The van der Waals surface area contributed by atoms with Crippen molar-refractivity contribution in [3.05, 3.63) is 144 Å². The molecule has 1 nitrogen and oxygen atoms in total. The molecule has 50 heavy (non-hydrogen) atoms. The summed E-state index contributed by atoms with van der Waals surface area (Å²) in [5.41, 5.74) is 13.8. The predicted molar refractivity (Wildman–Crippen MR) is 214 cm³/mol. The lowest BCUT2D eigenvalue weighted by molar-refractivity contribution is 0.524. The van der Waals surface area contributed by atoms with E-state index >= 15 is 0 Å². The molecular formula is C49H40O. The number of para-hydroxylation sites is 2. The molecule has 242 valence electrons. The molecule has 9 aromatic rings. The van der Waals surface area contributed by atoms with Crippen LogP contribution in [0.1, 0.15) is 57.2 Å². The molecule has 0 N–H and O–H groups in total. The van der Waals surface area contributed by atoms with Gasteiger partial charge < -0.3 is 4.42 Å². The van der Waals surface area contributed by atoms with Crippen molar-refractivity contribution in [2.75, 3.05) is 0 Å². The Labute approximate surface area is 293 Å². The van der Waals surface area contributed by atoms with E-state index in [9.17, 15) is 0 Å². The van der Waals surface area contributed by atoms with Crippen molar-refractivity contribution in [3.8, 4) is 33.4 Å². The first-order chi connectivity index (χ1) is 24.4. The van der Waals surface area contributed by atoms with Gasteiger partial charge in [0, 0.05) is 21.8 Å². The van der Waals surface area contributed by atoms with Crippen LogP contribution in [0.15, 0.2) is 132 Å². The molecule has 1 unspecified atom stereocenters. The Bertz CT molecular complexity index is 2770. The fraction of sp³-hybridized carbons (Fsp3) is 0.184. The van der Waals surface area contributed by atoms with Crippen LogP contribution in [0.25, 0.3) is 87.6 Å². The zero-order chi connectivity index (χ0) is 33.7. The average molecular weight is 645 g/mol. The summed E-state index contributed by atoms with van der Waals surface area (Å²) < 4.78 is 6.48. The Balaban J connectivity index is 1.12. The molecular weight excluding hydrogens is 605 g/mol. The molecule has 0 amide bonds. The van der Waals surface area contributed by atoms with Crippen LogP contribution in [0.5, 0.6) is 0 Å². The number of furan rings is 1. The summed E-state index contributed by atoms with van der Waals surface area (Å²) in [5, 5.41) is 10.5. The van der Waals surface area contributed by atoms with Gasteiger partial charge in [0.05, 0.1) is 0 Å². The van der Waals surface area contributed by atoms with Crippen molar-refractivity contribution < 1.29 is 4.42 Å². The van der Waals surface area contributed by atoms with Crippen LogP contribution < -0.4 is 0 Å². The Morgan fingerprint density at radius 1 is 0.560 bits per heavy atom. The minimum Gasteiger partial charge on any atom is -0.455 e. The number of fused-ring (bicyclic) bond motifs is 6. The summed E-state index contributed by atoms with van der Waals surface area (Å²) in [4.78, 5) is 0. The third kappa shape index (κ3) is 4.19. The maximum absolute atomic E-state index is 6.48. The second kappa shape index (κ2) is 10.8. The van der Waals surface area contributed by atoms with Crippen LogP contribution in [-0.4, -0.2) is 0 Å². The summed E-state index contributed by atoms with van der Waals surface area (Å²) in [7, 11) is 0. The van der Waals surface area contributed by atoms with Gasteiger partial charge in [-0.3, -0.25) is 0 Å². The molecule has 1 aliphatic carbocycles. The lowest BCUT2D eigenvalue weighted by Crippen LogP contribution is -2.20. The number of hydrogen-bond acceptors (Lipinski definition) is 1. The third-order valence-electron chi connectivity index (χ3n) is 11.6. The quantitative estimate of drug-likeness (QED) is 0.164. The van der Waals surface area contributed by atoms with E-state index < -0.39 is 0 Å². The molecule has 0 fully saturated rings. The Morgan fingerprint density at radius 2 is 1.20 bits per heavy atom. The molecule has 0 bridgehead atoms. The molecule has 8 aromatic carbocycles. The lowest BCUT2D eigenvalue weighted by atomic mass is 9.75. The van der Waals surface area contributed by atoms with Crippen LogP contribution in [-0.2, 0) is 11.8 Å². The Morgan fingerprint density at radius 3 is 1.94 bits per heavy atom. The van der Waals surface area contributed by atoms with Gasteiger partial charge in [0.2, 0.25) is 0 Å². The van der Waals surface area contributed by atoms with Gasteiger partial charge in [0.1, 0.15) is 11.2 Å². The Kier molecular flexibility index (Phi) is 6.37. The summed E-state index contributed by atoms with van der Waals surface area (Å²) in [6.45, 7) is 9.39. The van der Waals surface area contributed by atoms with E-state index in [0.717, 1.165) is 36.0 Å². The SMILES string of the molecule is CCCC1(C)c2cc(-c3ccc4ccc5cc(CC(C)C)cc6ccc3c4c56)ccc2-c2ccc(-c3cccc4c3oc3ccccc34)cc21. The monoisotopic (exact) mass is 644 g/mol. The van der Waals surface area contributed by atoms with E-state index in [-0.39, 0.29) is 5.41 Å². The van der Waals surface area contributed by atoms with E-state index in [1.807, 2.05) is 6.07 Å². The van der Waals surface area contributed by atoms with Crippen molar-refractivity contribution in [2.45, 2.75) is 52.4 Å². The second-order valence-electron chi connectivity index (χ2n) is 15.3. The number of benzene rings is 8. The van der Waals surface area contributed by atoms with Gasteiger partial charge in [-0.25, -0.2) is 0 Å². The van der Waals surface area contributed by atoms with Crippen molar-refractivity contribution >= 4 is 54.3 Å². The highest BCUT2D eigenvalue weighted by Crippen LogP contribution is 2.54. The van der Waals surface area contributed by atoms with Crippen molar-refractivity contribution in [3.63, 3.8) is 0 Å². The molecule has 1 atom stereocenters. The lowest BCUT2D eigenvalue weighted by Gasteiger charge is -2.28. The van der Waals surface area contributed by atoms with Crippen LogP contribution in [0.4, 0.5) is 0 Å². The second-order valence-corrected chi connectivity index (χ2v) is 15.3. The largest absolute Gasteiger partial charge is 0.455 e. The molecule has 1 aromatic heterocycles. The highest BCUT2D eigenvalue weighted by atomic mass is 16.3. The summed E-state index contributed by atoms with van der Waals surface area (Å²) in [5.74, 6) is 0.636. The smallest absolute Gasteiger partial charge is 0.143 e. The maximum Gasteiger partial charge on any atom is 0.143 e. The normalized spacial score (nSPS) is 15.7. The van der Waals surface area contributed by atoms with Crippen LogP contribution in [0.2, 0.25) is 0 Å². The maximum atomic E-state index is 6.48. The van der Waals surface area contributed by atoms with Crippen LogP contribution in [0.3, 0.4) is 0 Å². The molecule has 0 aliphatic heterocycles. The zero-order valence-electron chi connectivity index (χ0n) is 29.2. The van der Waals surface area contributed by atoms with Gasteiger partial charge in [-0.2, -0.15) is 0 Å². The van der Waals surface area contributed by atoms with Crippen molar-refractivity contribution in [1.82, 2.24) is 0 Å². The number of rotatable bonds is 6. The zero-order valence-corrected chi connectivity index (χ0v) is 29.2. The third-order valence-corrected chi connectivity index (χ3v) is 11.6. The first-order valence-corrected chi connectivity index (χ1v) is 18.3. The molecule has 0 radical (unpaired) electrons. The number of hydrogen-bond donors (Lipinski definition) is 0. The van der Waals surface area contributed by atoms with E-state index in [4.69, 9.17) is 4.42 Å². The topological polar surface area (TPSA) is 13.1 Å². The fourth-order valence-electron chi connectivity index (χ4n) is 9.42. The van der Waals surface area contributed by atoms with Gasteiger partial charge in [0.25, 0.3) is 0 Å². The van der Waals surface area contributed by atoms with Crippen molar-refractivity contribution in [2.24, 2.45) is 5.92 Å². The minimum absolute atomic E-state index is 0.0934. The van der Waals surface area contributed by atoms with E-state index in [0.29, 0.717) is 5.92 Å². The fourth-order valence-corrected chi connectivity index (χ4v) is 9.42. The average Bonchev–Trinajstić information content (AvgIpc) is 3.62. The Hall–Kier alpha value is -5.40. The summed E-state index contributed by atoms with van der Waals surface area (Å²) in [6.07, 6.45) is 3.30. The summed E-state index contributed by atoms with van der Waals surface area (Å²) in [6, 6.07) is 48.2. The van der Waals surface area contributed by atoms with Gasteiger partial charge in [-0.1, -0.05) is 143 Å². The molecule has 0 saturated carbocycles. The first-order valence-electron chi connectivity index (χ1n) is 18.3. The molecule has 0 spiro atoms. The molecule has 1 aliphatic rings. The van der Waals surface area contributed by atoms with Gasteiger partial charge in [0.15, 0.2) is 0 Å². The highest BCUT2D eigenvalue weighted by molar-refractivity contribution is 6.25. The molecule has 1 heterocycles. The minimum atomic E-state index is -0.0934. The molecule has 1 heteroatoms. The summed E-state index contributed by atoms with van der Waals surface area (Å²) >= 11 is 0. The highest BCUT2D eigenvalue weighted by Gasteiger charge is 2.39. The van der Waals surface area contributed by atoms with Crippen LogP contribution in [0, 0.1) is 5.92 Å². The molecule has 0 saturated heterocycles. The van der Waals surface area contributed by atoms with Gasteiger partial charge in [-0.05, 0) is 114 Å². The van der Waals surface area contributed by atoms with Gasteiger partial charge in [-0.15, -0.1) is 0 Å². The first kappa shape index (κ1) is 29.5. The molecule has 10 rings (SSSR count). The van der Waals surface area contributed by atoms with E-state index in [1.54, 1.807) is 0 Å². The predicted octanol–water partition coefficient (Wildman–Crippen LogP) is 14.1.